The van der Waals surface area contributed by atoms with E-state index in [0.717, 1.165) is 16.5 Å². The van der Waals surface area contributed by atoms with E-state index >= 15 is 0 Å². The van der Waals surface area contributed by atoms with E-state index in [1.54, 1.807) is 25.1 Å². The van der Waals surface area contributed by atoms with Crippen molar-refractivity contribution in [3.05, 3.63) is 42.5 Å². The second-order valence-electron chi connectivity index (χ2n) is 4.34. The van der Waals surface area contributed by atoms with Gasteiger partial charge in [-0.1, -0.05) is 11.8 Å². The first-order valence-corrected chi connectivity index (χ1v) is 7.32. The molecule has 0 amide bonds. The minimum atomic E-state index is 0.507. The zero-order valence-electron chi connectivity index (χ0n) is 11.7. The fourth-order valence-electron chi connectivity index (χ4n) is 1.78. The van der Waals surface area contributed by atoms with Crippen molar-refractivity contribution < 1.29 is 9.15 Å². The number of thioether (sulfide) groups is 1. The maximum absolute atomic E-state index is 5.66. The molecule has 0 saturated carbocycles. The number of hydrogen-bond donors (Lipinski definition) is 0. The highest BCUT2D eigenvalue weighted by molar-refractivity contribution is 7.98. The monoisotopic (exact) mass is 302 g/mol. The number of imidazole rings is 1. The van der Waals surface area contributed by atoms with Crippen LogP contribution >= 0.6 is 11.8 Å². The van der Waals surface area contributed by atoms with Gasteiger partial charge in [-0.3, -0.25) is 0 Å². The molecule has 0 fully saturated rings. The smallest absolute Gasteiger partial charge is 0.247 e. The van der Waals surface area contributed by atoms with Crippen LogP contribution in [-0.4, -0.2) is 26.9 Å². The molecule has 0 spiro atoms. The number of ether oxygens (including phenoxy) is 1. The number of nitrogens with zero attached hydrogens (tertiary/aromatic N) is 4. The second kappa shape index (κ2) is 6.01. The van der Waals surface area contributed by atoms with Crippen LogP contribution in [0.1, 0.15) is 5.89 Å². The van der Waals surface area contributed by atoms with Crippen molar-refractivity contribution in [2.45, 2.75) is 10.9 Å². The molecule has 3 rings (SSSR count). The Bertz CT molecular complexity index is 721. The molecule has 0 aliphatic rings. The minimum absolute atomic E-state index is 0.507. The van der Waals surface area contributed by atoms with E-state index in [9.17, 15) is 0 Å². The van der Waals surface area contributed by atoms with Gasteiger partial charge in [-0.2, -0.15) is 0 Å². The Kier molecular flexibility index (Phi) is 3.92. The summed E-state index contributed by atoms with van der Waals surface area (Å²) in [6.07, 6.45) is 3.66. The maximum Gasteiger partial charge on any atom is 0.247 e. The Hall–Kier alpha value is -2.28. The van der Waals surface area contributed by atoms with E-state index < -0.39 is 0 Å². The molecule has 0 N–H and O–H groups in total. The van der Waals surface area contributed by atoms with Crippen LogP contribution in [0.5, 0.6) is 5.75 Å². The van der Waals surface area contributed by atoms with E-state index in [1.807, 2.05) is 42.1 Å². The Labute approximate surface area is 126 Å². The van der Waals surface area contributed by atoms with Gasteiger partial charge in [0, 0.05) is 25.0 Å². The summed E-state index contributed by atoms with van der Waals surface area (Å²) in [5.41, 5.74) is 0.872. The number of benzene rings is 1. The molecular formula is C14H14N4O2S. The molecular weight excluding hydrogens is 288 g/mol. The molecule has 108 valence electrons. The lowest BCUT2D eigenvalue weighted by atomic mass is 10.2. The average Bonchev–Trinajstić information content (AvgIpc) is 3.14. The van der Waals surface area contributed by atoms with Crippen LogP contribution in [-0.2, 0) is 12.8 Å². The molecule has 0 bridgehead atoms. The average molecular weight is 302 g/mol. The molecule has 6 nitrogen and oxygen atoms in total. The van der Waals surface area contributed by atoms with Crippen molar-refractivity contribution in [3.63, 3.8) is 0 Å². The molecule has 0 atom stereocenters. The van der Waals surface area contributed by atoms with Gasteiger partial charge in [-0.25, -0.2) is 4.98 Å². The summed E-state index contributed by atoms with van der Waals surface area (Å²) in [7, 11) is 3.58. The van der Waals surface area contributed by atoms with Crippen molar-refractivity contribution in [2.75, 3.05) is 7.11 Å². The first-order valence-electron chi connectivity index (χ1n) is 6.33. The van der Waals surface area contributed by atoms with Crippen molar-refractivity contribution in [1.29, 1.82) is 0 Å². The number of aromatic nitrogens is 4. The van der Waals surface area contributed by atoms with Gasteiger partial charge >= 0.3 is 0 Å². The second-order valence-corrected chi connectivity index (χ2v) is 5.28. The molecule has 1 aromatic carbocycles. The lowest BCUT2D eigenvalue weighted by Gasteiger charge is -1.99. The van der Waals surface area contributed by atoms with Gasteiger partial charge < -0.3 is 13.7 Å². The molecule has 0 saturated heterocycles. The normalized spacial score (nSPS) is 10.8. The summed E-state index contributed by atoms with van der Waals surface area (Å²) in [5, 5.41) is 9.04. The van der Waals surface area contributed by atoms with Gasteiger partial charge in [-0.05, 0) is 24.3 Å². The Morgan fingerprint density at radius 3 is 2.71 bits per heavy atom. The predicted octanol–water partition coefficient (Wildman–Crippen LogP) is 2.77. The molecule has 7 heteroatoms. The third-order valence-corrected chi connectivity index (χ3v) is 3.95. The summed E-state index contributed by atoms with van der Waals surface area (Å²) >= 11 is 1.56. The third-order valence-electron chi connectivity index (χ3n) is 2.91. The first kappa shape index (κ1) is 13.7. The van der Waals surface area contributed by atoms with E-state index in [2.05, 4.69) is 15.2 Å². The molecule has 2 heterocycles. The molecule has 0 aliphatic carbocycles. The number of methoxy groups -OCH3 is 1. The maximum atomic E-state index is 5.66. The standard InChI is InChI=1S/C14H14N4O2S/c1-18-8-7-15-14(18)21-9-12-16-17-13(20-12)10-3-5-11(19-2)6-4-10/h3-8H,9H2,1-2H3. The van der Waals surface area contributed by atoms with Crippen molar-refractivity contribution in [3.8, 4) is 17.2 Å². The van der Waals surface area contributed by atoms with Crippen molar-refractivity contribution >= 4 is 11.8 Å². The van der Waals surface area contributed by atoms with E-state index in [1.165, 1.54) is 0 Å². The molecule has 0 radical (unpaired) electrons. The summed E-state index contributed by atoms with van der Waals surface area (Å²) in [6.45, 7) is 0. The van der Waals surface area contributed by atoms with Gasteiger partial charge in [0.2, 0.25) is 11.8 Å². The van der Waals surface area contributed by atoms with Gasteiger partial charge in [0.25, 0.3) is 0 Å². The highest BCUT2D eigenvalue weighted by Crippen LogP contribution is 2.24. The van der Waals surface area contributed by atoms with Gasteiger partial charge in [0.1, 0.15) is 5.75 Å². The molecule has 3 aromatic rings. The lowest BCUT2D eigenvalue weighted by Crippen LogP contribution is -1.89. The summed E-state index contributed by atoms with van der Waals surface area (Å²) in [4.78, 5) is 4.24. The Balaban J connectivity index is 1.69. The fraction of sp³-hybridized carbons (Fsp3) is 0.214. The fourth-order valence-corrected chi connectivity index (χ4v) is 2.55. The van der Waals surface area contributed by atoms with Crippen LogP contribution in [0.4, 0.5) is 0 Å². The largest absolute Gasteiger partial charge is 0.497 e. The predicted molar refractivity (Wildman–Crippen MR) is 79.1 cm³/mol. The van der Waals surface area contributed by atoms with Crippen LogP contribution in [0, 0.1) is 0 Å². The quantitative estimate of drug-likeness (QED) is 0.675. The van der Waals surface area contributed by atoms with Crippen LogP contribution in [0.15, 0.2) is 46.2 Å². The van der Waals surface area contributed by atoms with Crippen LogP contribution in [0.3, 0.4) is 0 Å². The third kappa shape index (κ3) is 3.08. The Morgan fingerprint density at radius 2 is 2.05 bits per heavy atom. The molecule has 0 unspecified atom stereocenters. The number of rotatable bonds is 5. The molecule has 0 aliphatic heterocycles. The van der Waals surface area contributed by atoms with Crippen molar-refractivity contribution in [2.24, 2.45) is 7.05 Å². The highest BCUT2D eigenvalue weighted by Gasteiger charge is 2.10. The SMILES string of the molecule is COc1ccc(-c2nnc(CSc3nccn3C)o2)cc1. The van der Waals surface area contributed by atoms with Gasteiger partial charge in [-0.15, -0.1) is 10.2 Å². The minimum Gasteiger partial charge on any atom is -0.497 e. The van der Waals surface area contributed by atoms with Crippen LogP contribution in [0.2, 0.25) is 0 Å². The van der Waals surface area contributed by atoms with Crippen LogP contribution < -0.4 is 4.74 Å². The van der Waals surface area contributed by atoms with Gasteiger partial charge in [0.15, 0.2) is 5.16 Å². The van der Waals surface area contributed by atoms with Crippen LogP contribution in [0.25, 0.3) is 11.5 Å². The zero-order valence-corrected chi connectivity index (χ0v) is 12.5. The van der Waals surface area contributed by atoms with E-state index in [4.69, 9.17) is 9.15 Å². The summed E-state index contributed by atoms with van der Waals surface area (Å²) < 4.78 is 12.7. The Morgan fingerprint density at radius 1 is 1.24 bits per heavy atom. The number of hydrogen-bond acceptors (Lipinski definition) is 6. The number of aryl methyl sites for hydroxylation is 1. The lowest BCUT2D eigenvalue weighted by molar-refractivity contribution is 0.415. The summed E-state index contributed by atoms with van der Waals surface area (Å²) in [5.74, 6) is 2.47. The summed E-state index contributed by atoms with van der Waals surface area (Å²) in [6, 6.07) is 7.51. The van der Waals surface area contributed by atoms with E-state index in [0.29, 0.717) is 17.5 Å². The molecule has 21 heavy (non-hydrogen) atoms. The topological polar surface area (TPSA) is 66.0 Å². The van der Waals surface area contributed by atoms with E-state index in [-0.39, 0.29) is 0 Å². The highest BCUT2D eigenvalue weighted by atomic mass is 32.2. The van der Waals surface area contributed by atoms with Crippen molar-refractivity contribution in [1.82, 2.24) is 19.7 Å². The zero-order chi connectivity index (χ0) is 14.7. The first-order chi connectivity index (χ1) is 10.3. The molecule has 2 aromatic heterocycles. The van der Waals surface area contributed by atoms with Gasteiger partial charge in [0.05, 0.1) is 12.9 Å².